The van der Waals surface area contributed by atoms with Crippen LogP contribution in [-0.4, -0.2) is 16.5 Å². The fourth-order valence-corrected chi connectivity index (χ4v) is 2.04. The van der Waals surface area contributed by atoms with E-state index in [-0.39, 0.29) is 0 Å². The lowest BCUT2D eigenvalue weighted by molar-refractivity contribution is 0.953. The molecule has 1 aromatic carbocycles. The number of hydrogen-bond donors (Lipinski definition) is 1. The van der Waals surface area contributed by atoms with Gasteiger partial charge in [-0.2, -0.15) is 11.8 Å². The van der Waals surface area contributed by atoms with Crippen LogP contribution < -0.4 is 0 Å². The monoisotopic (exact) mass is 205 g/mol. The van der Waals surface area contributed by atoms with Crippen molar-refractivity contribution in [2.75, 3.05) is 6.26 Å². The lowest BCUT2D eigenvalue weighted by atomic mass is 10.1. The molecule has 0 spiro atoms. The molecule has 0 amide bonds. The second kappa shape index (κ2) is 4.09. The van der Waals surface area contributed by atoms with E-state index in [2.05, 4.69) is 48.6 Å². The maximum atomic E-state index is 3.31. The molecule has 0 radical (unpaired) electrons. The lowest BCUT2D eigenvalue weighted by Crippen LogP contribution is -1.99. The van der Waals surface area contributed by atoms with E-state index in [1.165, 1.54) is 16.5 Å². The number of thioether (sulfide) groups is 1. The van der Waals surface area contributed by atoms with Crippen molar-refractivity contribution in [2.45, 2.75) is 18.6 Å². The Kier molecular flexibility index (Phi) is 2.82. The fraction of sp³-hybridized carbons (Fsp3) is 0.333. The normalized spacial score (nSPS) is 13.3. The van der Waals surface area contributed by atoms with Gasteiger partial charge in [-0.1, -0.05) is 25.1 Å². The number of hydrogen-bond acceptors (Lipinski definition) is 1. The summed E-state index contributed by atoms with van der Waals surface area (Å²) in [5.74, 6) is 0. The van der Waals surface area contributed by atoms with E-state index in [9.17, 15) is 0 Å². The van der Waals surface area contributed by atoms with Gasteiger partial charge in [0, 0.05) is 22.3 Å². The zero-order chi connectivity index (χ0) is 9.97. The van der Waals surface area contributed by atoms with Crippen molar-refractivity contribution in [3.8, 4) is 0 Å². The van der Waals surface area contributed by atoms with Gasteiger partial charge in [-0.05, 0) is 24.3 Å². The molecule has 0 saturated carbocycles. The summed E-state index contributed by atoms with van der Waals surface area (Å²) in [6, 6.07) is 8.49. The van der Waals surface area contributed by atoms with Gasteiger partial charge in [0.05, 0.1) is 0 Å². The van der Waals surface area contributed by atoms with Crippen molar-refractivity contribution in [1.82, 2.24) is 4.98 Å². The van der Waals surface area contributed by atoms with Crippen LogP contribution in [0.3, 0.4) is 0 Å². The molecule has 0 saturated heterocycles. The molecular formula is C12H15NS. The van der Waals surface area contributed by atoms with Crippen molar-refractivity contribution >= 4 is 22.7 Å². The van der Waals surface area contributed by atoms with E-state index in [4.69, 9.17) is 0 Å². The number of H-pyrrole nitrogens is 1. The van der Waals surface area contributed by atoms with Crippen molar-refractivity contribution in [3.63, 3.8) is 0 Å². The fourth-order valence-electron chi connectivity index (χ4n) is 1.69. The highest BCUT2D eigenvalue weighted by Crippen LogP contribution is 2.21. The summed E-state index contributed by atoms with van der Waals surface area (Å²) in [5, 5.41) is 2.06. The second-order valence-corrected chi connectivity index (χ2v) is 4.89. The lowest BCUT2D eigenvalue weighted by Gasteiger charge is -2.06. The molecule has 1 unspecified atom stereocenters. The minimum absolute atomic E-state index is 0.689. The predicted octanol–water partition coefficient (Wildman–Crippen LogP) is 3.46. The molecule has 14 heavy (non-hydrogen) atoms. The Bertz CT molecular complexity index is 419. The summed E-state index contributed by atoms with van der Waals surface area (Å²) in [5.41, 5.74) is 2.68. The Morgan fingerprint density at radius 3 is 2.93 bits per heavy atom. The third-order valence-corrected chi connectivity index (χ3v) is 3.56. The molecule has 74 valence electrons. The highest BCUT2D eigenvalue weighted by atomic mass is 32.2. The Labute approximate surface area is 88.9 Å². The first-order valence-electron chi connectivity index (χ1n) is 4.89. The zero-order valence-corrected chi connectivity index (χ0v) is 9.40. The van der Waals surface area contributed by atoms with Gasteiger partial charge in [0.1, 0.15) is 0 Å². The van der Waals surface area contributed by atoms with E-state index >= 15 is 0 Å². The minimum Gasteiger partial charge on any atom is -0.361 e. The van der Waals surface area contributed by atoms with Gasteiger partial charge < -0.3 is 4.98 Å². The molecule has 0 aliphatic carbocycles. The van der Waals surface area contributed by atoms with Crippen molar-refractivity contribution in [3.05, 3.63) is 36.0 Å². The van der Waals surface area contributed by atoms with Crippen LogP contribution in [0.2, 0.25) is 0 Å². The molecule has 0 fully saturated rings. The molecule has 2 rings (SSSR count). The first-order chi connectivity index (χ1) is 6.81. The summed E-state index contributed by atoms with van der Waals surface area (Å²) in [7, 11) is 0. The van der Waals surface area contributed by atoms with Crippen molar-refractivity contribution in [2.24, 2.45) is 0 Å². The SMILES string of the molecule is CSC(C)Cc1c[nH]c2ccccc12. The number of fused-ring (bicyclic) bond motifs is 1. The number of para-hydroxylation sites is 1. The van der Waals surface area contributed by atoms with Crippen LogP contribution in [0.4, 0.5) is 0 Å². The smallest absolute Gasteiger partial charge is 0.0456 e. The summed E-state index contributed by atoms with van der Waals surface area (Å²) >= 11 is 1.92. The van der Waals surface area contributed by atoms with Crippen LogP contribution >= 0.6 is 11.8 Å². The number of aromatic amines is 1. The average molecular weight is 205 g/mol. The van der Waals surface area contributed by atoms with Crippen LogP contribution in [0.25, 0.3) is 10.9 Å². The first-order valence-corrected chi connectivity index (χ1v) is 6.18. The summed E-state index contributed by atoms with van der Waals surface area (Å²) in [4.78, 5) is 3.31. The molecule has 1 heterocycles. The van der Waals surface area contributed by atoms with Crippen LogP contribution in [0.5, 0.6) is 0 Å². The predicted molar refractivity (Wildman–Crippen MR) is 65.0 cm³/mol. The van der Waals surface area contributed by atoms with Gasteiger partial charge in [-0.25, -0.2) is 0 Å². The Hall–Kier alpha value is -0.890. The standard InChI is InChI=1S/C12H15NS/c1-9(14-2)7-10-8-13-12-6-4-3-5-11(10)12/h3-6,8-9,13H,7H2,1-2H3. The quantitative estimate of drug-likeness (QED) is 0.811. The van der Waals surface area contributed by atoms with E-state index < -0.39 is 0 Å². The molecule has 1 nitrogen and oxygen atoms in total. The molecule has 1 aromatic heterocycles. The maximum Gasteiger partial charge on any atom is 0.0456 e. The molecule has 0 aliphatic heterocycles. The van der Waals surface area contributed by atoms with Gasteiger partial charge in [-0.3, -0.25) is 0 Å². The third-order valence-electron chi connectivity index (χ3n) is 2.58. The Morgan fingerprint density at radius 2 is 2.14 bits per heavy atom. The van der Waals surface area contributed by atoms with Gasteiger partial charge in [0.2, 0.25) is 0 Å². The number of nitrogens with one attached hydrogen (secondary N) is 1. The van der Waals surface area contributed by atoms with Gasteiger partial charge >= 0.3 is 0 Å². The van der Waals surface area contributed by atoms with Crippen LogP contribution in [0, 0.1) is 0 Å². The van der Waals surface area contributed by atoms with E-state index in [0.717, 1.165) is 6.42 Å². The van der Waals surface area contributed by atoms with E-state index in [1.807, 2.05) is 11.8 Å². The first kappa shape index (κ1) is 9.66. The Balaban J connectivity index is 2.33. The third kappa shape index (κ3) is 1.80. The van der Waals surface area contributed by atoms with E-state index in [1.54, 1.807) is 0 Å². The minimum atomic E-state index is 0.689. The second-order valence-electron chi connectivity index (χ2n) is 3.61. The zero-order valence-electron chi connectivity index (χ0n) is 8.58. The van der Waals surface area contributed by atoms with Gasteiger partial charge in [-0.15, -0.1) is 0 Å². The number of rotatable bonds is 3. The Morgan fingerprint density at radius 1 is 1.36 bits per heavy atom. The summed E-state index contributed by atoms with van der Waals surface area (Å²) < 4.78 is 0. The molecule has 0 aliphatic rings. The maximum absolute atomic E-state index is 3.31. The van der Waals surface area contributed by atoms with Crippen LogP contribution in [-0.2, 0) is 6.42 Å². The molecular weight excluding hydrogens is 190 g/mol. The topological polar surface area (TPSA) is 15.8 Å². The van der Waals surface area contributed by atoms with Crippen LogP contribution in [0.1, 0.15) is 12.5 Å². The number of aromatic nitrogens is 1. The highest BCUT2D eigenvalue weighted by Gasteiger charge is 2.06. The molecule has 1 atom stereocenters. The molecule has 1 N–H and O–H groups in total. The van der Waals surface area contributed by atoms with Gasteiger partial charge in [0.25, 0.3) is 0 Å². The molecule has 0 bridgehead atoms. The van der Waals surface area contributed by atoms with E-state index in [0.29, 0.717) is 5.25 Å². The summed E-state index contributed by atoms with van der Waals surface area (Å²) in [6.07, 6.45) is 5.45. The highest BCUT2D eigenvalue weighted by molar-refractivity contribution is 7.99. The molecule has 2 aromatic rings. The molecule has 2 heteroatoms. The number of benzene rings is 1. The van der Waals surface area contributed by atoms with Gasteiger partial charge in [0.15, 0.2) is 0 Å². The largest absolute Gasteiger partial charge is 0.361 e. The van der Waals surface area contributed by atoms with Crippen LogP contribution in [0.15, 0.2) is 30.5 Å². The van der Waals surface area contributed by atoms with Crippen molar-refractivity contribution < 1.29 is 0 Å². The summed E-state index contributed by atoms with van der Waals surface area (Å²) in [6.45, 7) is 2.27. The van der Waals surface area contributed by atoms with Crippen molar-refractivity contribution in [1.29, 1.82) is 0 Å². The average Bonchev–Trinajstić information content (AvgIpc) is 2.62.